The minimum absolute atomic E-state index is 0.0586. The third-order valence-corrected chi connectivity index (χ3v) is 12.4. The van der Waals surface area contributed by atoms with Crippen LogP contribution in [0, 0.1) is 23.7 Å². The second-order valence-electron chi connectivity index (χ2n) is 16.8. The summed E-state index contributed by atoms with van der Waals surface area (Å²) in [6.07, 6.45) is -6.98. The van der Waals surface area contributed by atoms with E-state index in [0.717, 1.165) is 12.0 Å². The Morgan fingerprint density at radius 3 is 2.20 bits per heavy atom. The van der Waals surface area contributed by atoms with E-state index in [4.69, 9.17) is 40.5 Å². The molecule has 18 atom stereocenters. The molecule has 3 heterocycles. The number of carbonyl (C=O) groups excluding carboxylic acids is 1. The zero-order valence-corrected chi connectivity index (χ0v) is 37.6. The van der Waals surface area contributed by atoms with Gasteiger partial charge in [0.2, 0.25) is 1.43 Å². The number of aliphatic hydroxyl groups is 4. The number of hydrogen-bond acceptors (Lipinski definition) is 17. The van der Waals surface area contributed by atoms with Gasteiger partial charge in [-0.25, -0.2) is 0 Å². The molecule has 17 heteroatoms. The van der Waals surface area contributed by atoms with Crippen LogP contribution in [0.3, 0.4) is 0 Å². The van der Waals surface area contributed by atoms with Crippen LogP contribution >= 0.6 is 24.7 Å². The maximum Gasteiger partial charge on any atom is 0.311 e. The maximum atomic E-state index is 14.3. The van der Waals surface area contributed by atoms with E-state index in [0.29, 0.717) is 6.42 Å². The highest BCUT2D eigenvalue weighted by atomic mass is 32.2. The van der Waals surface area contributed by atoms with Crippen molar-refractivity contribution in [2.24, 2.45) is 28.8 Å². The fourth-order valence-corrected chi connectivity index (χ4v) is 9.14. The zero-order chi connectivity index (χ0) is 44.5. The van der Waals surface area contributed by atoms with Crippen molar-refractivity contribution in [1.82, 2.24) is 4.90 Å². The van der Waals surface area contributed by atoms with Crippen LogP contribution in [-0.2, 0) is 37.4 Å². The number of thiol groups is 1. The van der Waals surface area contributed by atoms with Gasteiger partial charge in [-0.05, 0) is 93.2 Å². The number of hydrogen-bond donors (Lipinski definition) is 6. The summed E-state index contributed by atoms with van der Waals surface area (Å²) in [4.78, 5) is 16.3. The second-order valence-corrected chi connectivity index (χ2v) is 17.2. The lowest BCUT2D eigenvalue weighted by molar-refractivity contribution is -0.315. The summed E-state index contributed by atoms with van der Waals surface area (Å²) >= 11 is 4.48. The molecule has 0 amide bonds. The van der Waals surface area contributed by atoms with Gasteiger partial charge in [0.05, 0.1) is 53.4 Å². The molecule has 0 bridgehead atoms. The van der Waals surface area contributed by atoms with Crippen LogP contribution in [0.1, 0.15) is 96.3 Å². The Balaban J connectivity index is 0.00000571. The van der Waals surface area contributed by atoms with Crippen molar-refractivity contribution in [2.45, 2.75) is 179 Å². The summed E-state index contributed by atoms with van der Waals surface area (Å²) in [5, 5.41) is 54.9. The monoisotopic (exact) mass is 846 g/mol. The number of esters is 1. The van der Waals surface area contributed by atoms with Crippen LogP contribution in [0.4, 0.5) is 0 Å². The van der Waals surface area contributed by atoms with Gasteiger partial charge < -0.3 is 63.1 Å². The van der Waals surface area contributed by atoms with Gasteiger partial charge in [0, 0.05) is 44.9 Å². The lowest BCUT2D eigenvalue weighted by atomic mass is 9.73. The Morgan fingerprint density at radius 1 is 1.02 bits per heavy atom. The molecule has 0 saturated carbocycles. The Kier molecular flexibility index (Phi) is 18.5. The lowest BCUT2D eigenvalue weighted by Gasteiger charge is -2.49. The fourth-order valence-electron chi connectivity index (χ4n) is 8.76. The van der Waals surface area contributed by atoms with Crippen molar-refractivity contribution >= 4 is 36.4 Å². The van der Waals surface area contributed by atoms with Gasteiger partial charge >= 0.3 is 5.97 Å². The van der Waals surface area contributed by atoms with Crippen molar-refractivity contribution in [3.8, 4) is 0 Å². The quantitative estimate of drug-likeness (QED) is 0.0609. The fraction of sp³-hybridized carbons (Fsp3) is 0.949. The van der Waals surface area contributed by atoms with Gasteiger partial charge in [-0.3, -0.25) is 4.79 Å². The summed E-state index contributed by atoms with van der Waals surface area (Å²) in [5.74, 6) is -4.24. The molecule has 0 aliphatic carbocycles. The number of oxime groups is 1. The van der Waals surface area contributed by atoms with E-state index in [-0.39, 0.29) is 43.4 Å². The normalized spacial score (nSPS) is 47.2. The maximum absolute atomic E-state index is 14.3. The minimum atomic E-state index is -1.98. The van der Waals surface area contributed by atoms with Gasteiger partial charge in [-0.2, -0.15) is 12.6 Å². The van der Waals surface area contributed by atoms with Crippen molar-refractivity contribution in [3.63, 3.8) is 0 Å². The smallest absolute Gasteiger partial charge is 0.311 e. The third-order valence-electron chi connectivity index (χ3n) is 12.1. The van der Waals surface area contributed by atoms with E-state index >= 15 is 0 Å². The minimum Gasteiger partial charge on any atom is -0.459 e. The van der Waals surface area contributed by atoms with E-state index in [2.05, 4.69) is 17.8 Å². The van der Waals surface area contributed by atoms with Gasteiger partial charge in [-0.1, -0.05) is 32.9 Å². The number of ether oxygens (including phenoxy) is 6. The first-order valence-corrected chi connectivity index (χ1v) is 21.4. The molecule has 5 N–H and O–H groups in total. The summed E-state index contributed by atoms with van der Waals surface area (Å²) in [6, 6.07) is -0.188. The molecule has 0 spiro atoms. The molecular formula is C39H74N2O13S2. The standard InChI is InChI=1S/C38H70N2O13S.CH4S/c1-15-26-38(10,45)31(41)21(4)28(39-46)19(2)17-36(8,44)33(52-35-30(53-54-14)25(40(11)12)16-20(3)48-35)22(5)29(23(6)34(43)50-26)51-27-18-37(9,47-13)32(42)24(7)49-27;1-2/h19-27,29-33,35,41-42,44-46H,15-18H2,1-14H3;2H,1H3/b39-28+;/t19-,20?,21+,22+,23-,24?,25?,26-,27?,29+,30?,31-,32?,33-,35?,36-,37?,38-;/m1./s1/i14T,42T;. The van der Waals surface area contributed by atoms with Crippen molar-refractivity contribution in [1.29, 1.82) is 1.43 Å². The molecule has 15 nitrogen and oxygen atoms in total. The largest absolute Gasteiger partial charge is 0.459 e. The first-order valence-electron chi connectivity index (χ1n) is 20.7. The molecule has 8 unspecified atom stereocenters. The zero-order valence-electron chi connectivity index (χ0n) is 37.9. The van der Waals surface area contributed by atoms with Crippen LogP contribution in [0.15, 0.2) is 5.16 Å². The average molecular weight is 847 g/mol. The van der Waals surface area contributed by atoms with Crippen LogP contribution in [0.5, 0.6) is 0 Å². The molecule has 3 rings (SSSR count). The summed E-state index contributed by atoms with van der Waals surface area (Å²) in [6.45, 7) is 16.9. The first-order chi connectivity index (χ1) is 27.0. The molecular weight excluding hydrogens is 769 g/mol. The molecule has 330 valence electrons. The molecule has 0 radical (unpaired) electrons. The predicted molar refractivity (Wildman–Crippen MR) is 218 cm³/mol. The second kappa shape index (κ2) is 21.6. The summed E-state index contributed by atoms with van der Waals surface area (Å²) in [5.41, 5.74) is -4.64. The molecule has 3 aliphatic rings. The SMILES string of the molecule is CS.[3H]CSOC1C(O[C@@H]2[C@@H](C)[C@H](OC3CC(C)(OC)C(O[3H])C(C)O3)[C@@H](C)C(=O)O[C@H](CC)[C@@](C)(O)[C@H](O)[C@@H](C)/C(=N/O)[C@H](C)C[C@@]2(C)O)OC(C)CC1N(C)C. The van der Waals surface area contributed by atoms with Gasteiger partial charge in [-0.15, -0.1) is 0 Å². The van der Waals surface area contributed by atoms with Gasteiger partial charge in [0.1, 0.15) is 23.9 Å². The van der Waals surface area contributed by atoms with E-state index in [1.807, 2.05) is 25.9 Å². The van der Waals surface area contributed by atoms with E-state index in [1.165, 1.54) is 14.0 Å². The highest BCUT2D eigenvalue weighted by Crippen LogP contribution is 2.41. The highest BCUT2D eigenvalue weighted by molar-refractivity contribution is 7.93. The summed E-state index contributed by atoms with van der Waals surface area (Å²) < 4.78 is 59.8. The predicted octanol–water partition coefficient (Wildman–Crippen LogP) is 3.90. The molecule has 56 heavy (non-hydrogen) atoms. The molecule has 3 saturated heterocycles. The number of carbonyl (C=O) groups is 1. The molecule has 3 fully saturated rings. The Bertz CT molecular complexity index is 1290. The molecule has 0 aromatic carbocycles. The van der Waals surface area contributed by atoms with Crippen molar-refractivity contribution in [3.05, 3.63) is 0 Å². The van der Waals surface area contributed by atoms with E-state index in [1.54, 1.807) is 61.6 Å². The lowest BCUT2D eigenvalue weighted by Crippen LogP contribution is -2.61. The van der Waals surface area contributed by atoms with Gasteiger partial charge in [0.25, 0.3) is 0 Å². The van der Waals surface area contributed by atoms with Crippen LogP contribution < -0.4 is 0 Å². The highest BCUT2D eigenvalue weighted by Gasteiger charge is 2.53. The Hall–Kier alpha value is -0.800. The number of likely N-dealkylation sites (N-methyl/N-ethyl adjacent to an activating group) is 1. The van der Waals surface area contributed by atoms with Gasteiger partial charge in [0.15, 0.2) is 12.6 Å². The number of aliphatic hydroxyl groups excluding tert-OH is 2. The Morgan fingerprint density at radius 2 is 1.66 bits per heavy atom. The number of nitrogens with zero attached hydrogens (tertiary/aromatic N) is 2. The first kappa shape index (κ1) is 47.9. The molecule has 3 aliphatic heterocycles. The third kappa shape index (κ3) is 11.7. The van der Waals surface area contributed by atoms with Crippen molar-refractivity contribution in [2.75, 3.05) is 33.7 Å². The molecule has 0 aromatic rings. The Labute approximate surface area is 348 Å². The number of methoxy groups -OCH3 is 1. The average Bonchev–Trinajstić information content (AvgIpc) is 3.16. The van der Waals surface area contributed by atoms with E-state index < -0.39 is 102 Å². The number of rotatable bonds is 10. The van der Waals surface area contributed by atoms with Crippen LogP contribution in [0.25, 0.3) is 0 Å². The number of cyclic esters (lactones) is 1. The van der Waals surface area contributed by atoms with Crippen LogP contribution in [0.2, 0.25) is 0 Å². The molecule has 0 aromatic heterocycles. The summed E-state index contributed by atoms with van der Waals surface area (Å²) in [7, 11) is 5.34. The van der Waals surface area contributed by atoms with E-state index in [9.17, 15) is 25.3 Å². The topological polar surface area (TPSA) is 198 Å². The van der Waals surface area contributed by atoms with Crippen LogP contribution in [-0.4, -0.2) is 162 Å². The van der Waals surface area contributed by atoms with Crippen molar-refractivity contribution < 1.29 is 64.4 Å².